The first-order valence-electron chi connectivity index (χ1n) is 7.57. The minimum Gasteiger partial charge on any atom is -0.490 e. The molecule has 2 heteroatoms. The Kier molecular flexibility index (Phi) is 4.05. The Morgan fingerprint density at radius 1 is 1.14 bits per heavy atom. The Balaban J connectivity index is 1.63. The smallest absolute Gasteiger partial charge is 0.163 e. The summed E-state index contributed by atoms with van der Waals surface area (Å²) in [5.41, 5.74) is 3.24. The third-order valence-corrected chi connectivity index (χ3v) is 3.87. The molecule has 0 spiro atoms. The summed E-state index contributed by atoms with van der Waals surface area (Å²) in [6.45, 7) is 2.09. The number of rotatable bonds is 6. The second-order valence-corrected chi connectivity index (χ2v) is 5.69. The number of ether oxygens (including phenoxy) is 1. The number of hydrogen-bond acceptors (Lipinski definition) is 2. The summed E-state index contributed by atoms with van der Waals surface area (Å²) in [5.74, 6) is 0.999. The van der Waals surface area contributed by atoms with Crippen LogP contribution in [0.1, 0.15) is 40.7 Å². The first-order valence-corrected chi connectivity index (χ1v) is 7.57. The van der Waals surface area contributed by atoms with Crippen molar-refractivity contribution in [1.29, 1.82) is 0 Å². The van der Waals surface area contributed by atoms with Gasteiger partial charge < -0.3 is 4.74 Å². The highest BCUT2D eigenvalue weighted by molar-refractivity contribution is 5.96. The van der Waals surface area contributed by atoms with E-state index in [-0.39, 0.29) is 5.78 Å². The minimum atomic E-state index is 0.180. The monoisotopic (exact) mass is 280 g/mol. The molecule has 0 N–H and O–H groups in total. The Bertz CT molecular complexity index is 642. The zero-order chi connectivity index (χ0) is 14.7. The van der Waals surface area contributed by atoms with Gasteiger partial charge in [0.1, 0.15) is 5.75 Å². The van der Waals surface area contributed by atoms with E-state index in [2.05, 4.69) is 19.1 Å². The average Bonchev–Trinajstić information content (AvgIpc) is 3.30. The number of hydrogen-bond donors (Lipinski definition) is 0. The molecule has 2 aromatic carbocycles. The normalized spacial score (nSPS) is 14.0. The molecule has 2 aromatic rings. The molecule has 0 saturated heterocycles. The molecule has 0 atom stereocenters. The minimum absolute atomic E-state index is 0.180. The molecule has 0 heterocycles. The molecule has 1 aliphatic carbocycles. The molecular formula is C19H20O2. The topological polar surface area (TPSA) is 26.3 Å². The summed E-state index contributed by atoms with van der Waals surface area (Å²) in [6, 6.07) is 15.8. The highest BCUT2D eigenvalue weighted by Crippen LogP contribution is 2.27. The maximum Gasteiger partial charge on any atom is 0.163 e. The summed E-state index contributed by atoms with van der Waals surface area (Å²) < 4.78 is 5.75. The van der Waals surface area contributed by atoms with Crippen LogP contribution in [0.4, 0.5) is 0 Å². The molecule has 3 rings (SSSR count). The van der Waals surface area contributed by atoms with Crippen LogP contribution in [0.25, 0.3) is 0 Å². The largest absolute Gasteiger partial charge is 0.490 e. The maximum atomic E-state index is 12.3. The second-order valence-electron chi connectivity index (χ2n) is 5.69. The van der Waals surface area contributed by atoms with Crippen LogP contribution in [-0.4, -0.2) is 11.9 Å². The zero-order valence-corrected chi connectivity index (χ0v) is 12.3. The van der Waals surface area contributed by atoms with Crippen molar-refractivity contribution < 1.29 is 9.53 Å². The van der Waals surface area contributed by atoms with Crippen molar-refractivity contribution in [2.75, 3.05) is 0 Å². The van der Waals surface area contributed by atoms with Crippen molar-refractivity contribution in [1.82, 2.24) is 0 Å². The highest BCUT2D eigenvalue weighted by atomic mass is 16.5. The number of aryl methyl sites for hydroxylation is 2. The Morgan fingerprint density at radius 2 is 1.95 bits per heavy atom. The average molecular weight is 280 g/mol. The van der Waals surface area contributed by atoms with Crippen LogP contribution < -0.4 is 4.74 Å². The zero-order valence-electron chi connectivity index (χ0n) is 12.3. The molecule has 108 valence electrons. The fourth-order valence-corrected chi connectivity index (χ4v) is 2.40. The van der Waals surface area contributed by atoms with Crippen LogP contribution >= 0.6 is 0 Å². The van der Waals surface area contributed by atoms with Crippen LogP contribution in [0.2, 0.25) is 0 Å². The molecule has 2 nitrogen and oxygen atoms in total. The Hall–Kier alpha value is -2.09. The summed E-state index contributed by atoms with van der Waals surface area (Å²) in [6.07, 6.45) is 3.95. The number of benzene rings is 2. The lowest BCUT2D eigenvalue weighted by Gasteiger charge is -2.07. The van der Waals surface area contributed by atoms with Crippen molar-refractivity contribution >= 4 is 5.78 Å². The molecule has 0 bridgehead atoms. The van der Waals surface area contributed by atoms with Crippen LogP contribution in [0.3, 0.4) is 0 Å². The van der Waals surface area contributed by atoms with Crippen molar-refractivity contribution in [3.8, 4) is 5.75 Å². The molecule has 0 aromatic heterocycles. The molecule has 1 aliphatic rings. The van der Waals surface area contributed by atoms with Gasteiger partial charge in [0.15, 0.2) is 5.78 Å². The Labute approximate surface area is 125 Å². The van der Waals surface area contributed by atoms with Crippen LogP contribution in [0.15, 0.2) is 48.5 Å². The first kappa shape index (κ1) is 13.9. The molecular weight excluding hydrogens is 260 g/mol. The van der Waals surface area contributed by atoms with E-state index < -0.39 is 0 Å². The number of carbonyl (C=O) groups excluding carboxylic acids is 1. The van der Waals surface area contributed by atoms with Gasteiger partial charge in [-0.05, 0) is 49.4 Å². The van der Waals surface area contributed by atoms with Gasteiger partial charge >= 0.3 is 0 Å². The highest BCUT2D eigenvalue weighted by Gasteiger charge is 2.23. The third-order valence-electron chi connectivity index (χ3n) is 3.87. The van der Waals surface area contributed by atoms with Gasteiger partial charge in [-0.1, -0.05) is 36.4 Å². The van der Waals surface area contributed by atoms with Crippen molar-refractivity contribution in [2.24, 2.45) is 0 Å². The third kappa shape index (κ3) is 3.72. The first-order chi connectivity index (χ1) is 10.2. The van der Waals surface area contributed by atoms with Crippen LogP contribution in [-0.2, 0) is 6.42 Å². The lowest BCUT2D eigenvalue weighted by Crippen LogP contribution is -2.03. The van der Waals surface area contributed by atoms with Gasteiger partial charge in [-0.15, -0.1) is 0 Å². The molecule has 0 amide bonds. The summed E-state index contributed by atoms with van der Waals surface area (Å²) in [5, 5.41) is 0. The van der Waals surface area contributed by atoms with Crippen molar-refractivity contribution in [2.45, 2.75) is 38.7 Å². The van der Waals surface area contributed by atoms with E-state index in [1.165, 1.54) is 11.1 Å². The fourth-order valence-electron chi connectivity index (χ4n) is 2.40. The fraction of sp³-hybridized carbons (Fsp3) is 0.316. The predicted molar refractivity (Wildman–Crippen MR) is 83.9 cm³/mol. The number of ketones is 1. The molecule has 0 unspecified atom stereocenters. The lowest BCUT2D eigenvalue weighted by molar-refractivity contribution is 0.0982. The standard InChI is InChI=1S/C19H20O2/c1-14-5-2-3-6-15(14)9-12-19(20)16-7-4-8-18(13-16)21-17-10-11-17/h2-8,13,17H,9-12H2,1H3. The molecule has 0 aliphatic heterocycles. The molecule has 1 saturated carbocycles. The summed E-state index contributed by atoms with van der Waals surface area (Å²) >= 11 is 0. The van der Waals surface area contributed by atoms with E-state index in [1.807, 2.05) is 36.4 Å². The van der Waals surface area contributed by atoms with E-state index in [9.17, 15) is 4.79 Å². The molecule has 1 fully saturated rings. The molecule has 21 heavy (non-hydrogen) atoms. The van der Waals surface area contributed by atoms with Gasteiger partial charge in [-0.2, -0.15) is 0 Å². The number of carbonyl (C=O) groups is 1. The van der Waals surface area contributed by atoms with E-state index in [0.29, 0.717) is 12.5 Å². The van der Waals surface area contributed by atoms with Crippen molar-refractivity contribution in [3.63, 3.8) is 0 Å². The quantitative estimate of drug-likeness (QED) is 0.735. The van der Waals surface area contributed by atoms with Gasteiger partial charge in [0, 0.05) is 12.0 Å². The van der Waals surface area contributed by atoms with Gasteiger partial charge in [0.25, 0.3) is 0 Å². The van der Waals surface area contributed by atoms with Crippen LogP contribution in [0, 0.1) is 6.92 Å². The number of Topliss-reactive ketones (excluding diaryl/α,β-unsaturated/α-hetero) is 1. The van der Waals surface area contributed by atoms with E-state index in [1.54, 1.807) is 0 Å². The summed E-state index contributed by atoms with van der Waals surface area (Å²) in [4.78, 5) is 12.3. The van der Waals surface area contributed by atoms with E-state index >= 15 is 0 Å². The summed E-state index contributed by atoms with van der Waals surface area (Å²) in [7, 11) is 0. The molecule has 0 radical (unpaired) electrons. The predicted octanol–water partition coefficient (Wildman–Crippen LogP) is 4.35. The Morgan fingerprint density at radius 3 is 2.71 bits per heavy atom. The van der Waals surface area contributed by atoms with Gasteiger partial charge in [0.05, 0.1) is 6.10 Å². The second kappa shape index (κ2) is 6.13. The van der Waals surface area contributed by atoms with Gasteiger partial charge in [0.2, 0.25) is 0 Å². The lowest BCUT2D eigenvalue weighted by atomic mass is 10.00. The van der Waals surface area contributed by atoms with E-state index in [0.717, 1.165) is 30.6 Å². The SMILES string of the molecule is Cc1ccccc1CCC(=O)c1cccc(OC2CC2)c1. The van der Waals surface area contributed by atoms with E-state index in [4.69, 9.17) is 4.74 Å². The van der Waals surface area contributed by atoms with Gasteiger partial charge in [-0.25, -0.2) is 0 Å². The van der Waals surface area contributed by atoms with Crippen molar-refractivity contribution in [3.05, 3.63) is 65.2 Å². The van der Waals surface area contributed by atoms with Gasteiger partial charge in [-0.3, -0.25) is 4.79 Å². The maximum absolute atomic E-state index is 12.3. The van der Waals surface area contributed by atoms with Crippen LogP contribution in [0.5, 0.6) is 5.75 Å².